The van der Waals surface area contributed by atoms with Gasteiger partial charge >= 0.3 is 0 Å². The van der Waals surface area contributed by atoms with Crippen molar-refractivity contribution in [3.8, 4) is 0 Å². The number of hydrogen-bond donors (Lipinski definition) is 1. The average molecular weight is 246 g/mol. The first-order valence-electron chi connectivity index (χ1n) is 5.21. The van der Waals surface area contributed by atoms with Crippen molar-refractivity contribution in [2.75, 3.05) is 18.5 Å². The van der Waals surface area contributed by atoms with E-state index in [-0.39, 0.29) is 11.4 Å². The minimum Gasteiger partial charge on any atom is -0.382 e. The standard InChI is InChI=1S/C12H17ClFNO/c1-12(2,3)16-7-6-15-11-5-4-9(14)8-10(11)13/h4-5,8,15H,6-7H2,1-3H3. The van der Waals surface area contributed by atoms with Crippen molar-refractivity contribution in [3.05, 3.63) is 29.0 Å². The van der Waals surface area contributed by atoms with E-state index in [9.17, 15) is 4.39 Å². The minimum absolute atomic E-state index is 0.145. The summed E-state index contributed by atoms with van der Waals surface area (Å²) >= 11 is 5.86. The lowest BCUT2D eigenvalue weighted by molar-refractivity contribution is 0.00334. The molecule has 0 unspecified atom stereocenters. The number of benzene rings is 1. The molecule has 0 fully saturated rings. The summed E-state index contributed by atoms with van der Waals surface area (Å²) in [4.78, 5) is 0. The first kappa shape index (κ1) is 13.3. The van der Waals surface area contributed by atoms with Gasteiger partial charge in [-0.3, -0.25) is 0 Å². The predicted molar refractivity (Wildman–Crippen MR) is 65.6 cm³/mol. The molecule has 0 saturated carbocycles. The van der Waals surface area contributed by atoms with E-state index in [1.54, 1.807) is 6.07 Å². The van der Waals surface area contributed by atoms with Crippen molar-refractivity contribution in [2.24, 2.45) is 0 Å². The van der Waals surface area contributed by atoms with Crippen molar-refractivity contribution >= 4 is 17.3 Å². The third kappa shape index (κ3) is 4.81. The molecule has 2 nitrogen and oxygen atoms in total. The number of nitrogens with one attached hydrogen (secondary N) is 1. The predicted octanol–water partition coefficient (Wildman–Crippen LogP) is 3.71. The second-order valence-electron chi connectivity index (χ2n) is 4.51. The van der Waals surface area contributed by atoms with E-state index < -0.39 is 0 Å². The third-order valence-corrected chi connectivity index (χ3v) is 2.20. The zero-order valence-corrected chi connectivity index (χ0v) is 10.6. The summed E-state index contributed by atoms with van der Waals surface area (Å²) in [6.45, 7) is 7.22. The summed E-state index contributed by atoms with van der Waals surface area (Å²) in [5.74, 6) is -0.332. The molecule has 1 rings (SSSR count). The summed E-state index contributed by atoms with van der Waals surface area (Å²) in [5.41, 5.74) is 0.578. The van der Waals surface area contributed by atoms with Crippen LogP contribution >= 0.6 is 11.6 Å². The number of halogens is 2. The van der Waals surface area contributed by atoms with Gasteiger partial charge < -0.3 is 10.1 Å². The summed E-state index contributed by atoms with van der Waals surface area (Å²) in [6, 6.07) is 4.28. The molecule has 1 aromatic rings. The van der Waals surface area contributed by atoms with Gasteiger partial charge in [-0.15, -0.1) is 0 Å². The average Bonchev–Trinajstić information content (AvgIpc) is 2.13. The van der Waals surface area contributed by atoms with Crippen LogP contribution in [-0.4, -0.2) is 18.8 Å². The van der Waals surface area contributed by atoms with E-state index in [0.717, 1.165) is 5.69 Å². The maximum absolute atomic E-state index is 12.8. The Kier molecular flexibility index (Phi) is 4.56. The van der Waals surface area contributed by atoms with Crippen molar-refractivity contribution in [1.82, 2.24) is 0 Å². The van der Waals surface area contributed by atoms with Gasteiger partial charge in [0.1, 0.15) is 5.82 Å². The molecule has 0 amide bonds. The molecule has 0 aliphatic heterocycles. The molecule has 0 saturated heterocycles. The summed E-state index contributed by atoms with van der Waals surface area (Å²) < 4.78 is 18.3. The molecule has 1 N–H and O–H groups in total. The van der Waals surface area contributed by atoms with E-state index in [1.807, 2.05) is 20.8 Å². The zero-order chi connectivity index (χ0) is 12.2. The van der Waals surface area contributed by atoms with Crippen LogP contribution in [-0.2, 0) is 4.74 Å². The minimum atomic E-state index is -0.332. The molecule has 1 aromatic carbocycles. The molecule has 0 heterocycles. The Bertz CT molecular complexity index is 349. The molecule has 0 aliphatic rings. The lowest BCUT2D eigenvalue weighted by atomic mass is 10.2. The topological polar surface area (TPSA) is 21.3 Å². The lowest BCUT2D eigenvalue weighted by Gasteiger charge is -2.19. The van der Waals surface area contributed by atoms with Gasteiger partial charge in [0.15, 0.2) is 0 Å². The highest BCUT2D eigenvalue weighted by atomic mass is 35.5. The normalized spacial score (nSPS) is 11.6. The van der Waals surface area contributed by atoms with E-state index in [4.69, 9.17) is 16.3 Å². The van der Waals surface area contributed by atoms with Crippen LogP contribution in [0.25, 0.3) is 0 Å². The van der Waals surface area contributed by atoms with Crippen LogP contribution in [0.15, 0.2) is 18.2 Å². The second-order valence-corrected chi connectivity index (χ2v) is 4.92. The summed E-state index contributed by atoms with van der Waals surface area (Å²) in [5, 5.41) is 3.47. The zero-order valence-electron chi connectivity index (χ0n) is 9.81. The third-order valence-electron chi connectivity index (χ3n) is 1.88. The van der Waals surface area contributed by atoms with Crippen LogP contribution in [0.3, 0.4) is 0 Å². The Morgan fingerprint density at radius 1 is 1.38 bits per heavy atom. The van der Waals surface area contributed by atoms with Crippen LogP contribution in [0.2, 0.25) is 5.02 Å². The van der Waals surface area contributed by atoms with Gasteiger partial charge in [0, 0.05) is 6.54 Å². The molecule has 0 spiro atoms. The fourth-order valence-electron chi connectivity index (χ4n) is 1.18. The van der Waals surface area contributed by atoms with Gasteiger partial charge in [0.05, 0.1) is 22.9 Å². The Morgan fingerprint density at radius 3 is 2.62 bits per heavy atom. The molecular weight excluding hydrogens is 229 g/mol. The van der Waals surface area contributed by atoms with Gasteiger partial charge in [-0.05, 0) is 39.0 Å². The van der Waals surface area contributed by atoms with Gasteiger partial charge in [0.2, 0.25) is 0 Å². The quantitative estimate of drug-likeness (QED) is 0.817. The molecule has 90 valence electrons. The summed E-state index contributed by atoms with van der Waals surface area (Å²) in [6.07, 6.45) is 0. The van der Waals surface area contributed by atoms with Crippen LogP contribution in [0.4, 0.5) is 10.1 Å². The Morgan fingerprint density at radius 2 is 2.06 bits per heavy atom. The van der Waals surface area contributed by atoms with Gasteiger partial charge in [-0.25, -0.2) is 4.39 Å². The highest BCUT2D eigenvalue weighted by Crippen LogP contribution is 2.22. The monoisotopic (exact) mass is 245 g/mol. The fraction of sp³-hybridized carbons (Fsp3) is 0.500. The van der Waals surface area contributed by atoms with E-state index >= 15 is 0 Å². The second kappa shape index (κ2) is 5.51. The number of rotatable bonds is 4. The first-order chi connectivity index (χ1) is 7.38. The molecule has 0 bridgehead atoms. The molecule has 0 aromatic heterocycles. The largest absolute Gasteiger partial charge is 0.382 e. The number of ether oxygens (including phenoxy) is 1. The van der Waals surface area contributed by atoms with Gasteiger partial charge in [-0.2, -0.15) is 0 Å². The lowest BCUT2D eigenvalue weighted by Crippen LogP contribution is -2.23. The van der Waals surface area contributed by atoms with Gasteiger partial charge in [-0.1, -0.05) is 11.6 Å². The highest BCUT2D eigenvalue weighted by molar-refractivity contribution is 6.33. The van der Waals surface area contributed by atoms with Crippen LogP contribution in [0, 0.1) is 5.82 Å². The molecule has 0 aliphatic carbocycles. The molecule has 16 heavy (non-hydrogen) atoms. The number of hydrogen-bond acceptors (Lipinski definition) is 2. The van der Waals surface area contributed by atoms with Gasteiger partial charge in [0.25, 0.3) is 0 Å². The maximum Gasteiger partial charge on any atom is 0.124 e. The van der Waals surface area contributed by atoms with E-state index in [2.05, 4.69) is 5.32 Å². The van der Waals surface area contributed by atoms with Crippen molar-refractivity contribution in [2.45, 2.75) is 26.4 Å². The first-order valence-corrected chi connectivity index (χ1v) is 5.59. The Labute approximate surface area is 101 Å². The molecular formula is C12H17ClFNO. The number of anilines is 1. The fourth-order valence-corrected chi connectivity index (χ4v) is 1.41. The molecule has 0 radical (unpaired) electrons. The van der Waals surface area contributed by atoms with E-state index in [1.165, 1.54) is 12.1 Å². The smallest absolute Gasteiger partial charge is 0.124 e. The SMILES string of the molecule is CC(C)(C)OCCNc1ccc(F)cc1Cl. The van der Waals surface area contributed by atoms with Crippen LogP contribution in [0.1, 0.15) is 20.8 Å². The molecule has 0 atom stereocenters. The Balaban J connectivity index is 2.38. The highest BCUT2D eigenvalue weighted by Gasteiger charge is 2.09. The van der Waals surface area contributed by atoms with Crippen LogP contribution in [0.5, 0.6) is 0 Å². The van der Waals surface area contributed by atoms with Crippen molar-refractivity contribution in [3.63, 3.8) is 0 Å². The summed E-state index contributed by atoms with van der Waals surface area (Å²) in [7, 11) is 0. The Hall–Kier alpha value is -0.800. The molecule has 4 heteroatoms. The van der Waals surface area contributed by atoms with Crippen molar-refractivity contribution < 1.29 is 9.13 Å². The van der Waals surface area contributed by atoms with Crippen LogP contribution < -0.4 is 5.32 Å². The van der Waals surface area contributed by atoms with Crippen molar-refractivity contribution in [1.29, 1.82) is 0 Å². The van der Waals surface area contributed by atoms with E-state index in [0.29, 0.717) is 18.2 Å². The maximum atomic E-state index is 12.8.